The number of hydrogen-bond acceptors (Lipinski definition) is 2. The molecule has 2 saturated carbocycles. The van der Waals surface area contributed by atoms with Gasteiger partial charge in [0, 0.05) is 12.5 Å². The number of fused-ring (bicyclic) bond motifs is 1. The molecule has 0 aromatic carbocycles. The van der Waals surface area contributed by atoms with Gasteiger partial charge in [0.2, 0.25) is 5.91 Å². The second-order valence-electron chi connectivity index (χ2n) is 5.21. The standard InChI is InChI=1S/C12H22N2O/c1-8(5-6-13)7-14-12(15)11-9-3-2-4-10(9)11/h8-11H,2-7,13H2,1H3,(H,14,15). The SMILES string of the molecule is CC(CCN)CNC(=O)C1C2CCCC21. The summed E-state index contributed by atoms with van der Waals surface area (Å²) < 4.78 is 0. The molecule has 2 aliphatic rings. The third-order valence-electron chi connectivity index (χ3n) is 3.99. The zero-order valence-electron chi connectivity index (χ0n) is 9.54. The number of nitrogens with two attached hydrogens (primary N) is 1. The van der Waals surface area contributed by atoms with E-state index in [1.807, 2.05) is 0 Å². The Hall–Kier alpha value is -0.570. The van der Waals surface area contributed by atoms with Crippen LogP contribution in [-0.4, -0.2) is 19.0 Å². The van der Waals surface area contributed by atoms with E-state index in [-0.39, 0.29) is 0 Å². The van der Waals surface area contributed by atoms with Crippen molar-refractivity contribution in [3.05, 3.63) is 0 Å². The molecule has 0 spiro atoms. The van der Waals surface area contributed by atoms with E-state index in [0.29, 0.717) is 24.3 Å². The maximum atomic E-state index is 11.8. The van der Waals surface area contributed by atoms with Gasteiger partial charge in [-0.1, -0.05) is 13.3 Å². The summed E-state index contributed by atoms with van der Waals surface area (Å²) in [5, 5.41) is 3.06. The fourth-order valence-electron chi connectivity index (χ4n) is 2.99. The highest BCUT2D eigenvalue weighted by Crippen LogP contribution is 2.57. The Labute approximate surface area is 91.8 Å². The number of amides is 1. The lowest BCUT2D eigenvalue weighted by molar-refractivity contribution is -0.123. The van der Waals surface area contributed by atoms with Gasteiger partial charge in [-0.2, -0.15) is 0 Å². The van der Waals surface area contributed by atoms with Crippen molar-refractivity contribution in [1.29, 1.82) is 0 Å². The summed E-state index contributed by atoms with van der Waals surface area (Å²) >= 11 is 0. The van der Waals surface area contributed by atoms with E-state index in [4.69, 9.17) is 5.73 Å². The molecule has 2 aliphatic carbocycles. The first kappa shape index (κ1) is 10.9. The molecule has 0 aromatic rings. The molecule has 86 valence electrons. The van der Waals surface area contributed by atoms with E-state index in [2.05, 4.69) is 12.2 Å². The molecule has 2 fully saturated rings. The van der Waals surface area contributed by atoms with Crippen molar-refractivity contribution in [3.63, 3.8) is 0 Å². The van der Waals surface area contributed by atoms with Crippen LogP contribution in [0.1, 0.15) is 32.6 Å². The second kappa shape index (κ2) is 4.52. The molecule has 3 unspecified atom stereocenters. The summed E-state index contributed by atoms with van der Waals surface area (Å²) in [5.74, 6) is 2.64. The number of hydrogen-bond donors (Lipinski definition) is 2. The summed E-state index contributed by atoms with van der Waals surface area (Å²) in [4.78, 5) is 11.8. The van der Waals surface area contributed by atoms with Gasteiger partial charge in [-0.25, -0.2) is 0 Å². The Kier molecular flexibility index (Phi) is 3.29. The Morgan fingerprint density at radius 1 is 1.47 bits per heavy atom. The van der Waals surface area contributed by atoms with Crippen LogP contribution in [0.15, 0.2) is 0 Å². The molecule has 0 radical (unpaired) electrons. The molecule has 1 amide bonds. The van der Waals surface area contributed by atoms with E-state index in [1.54, 1.807) is 0 Å². The molecule has 0 saturated heterocycles. The number of carbonyl (C=O) groups excluding carboxylic acids is 1. The van der Waals surface area contributed by atoms with E-state index in [1.165, 1.54) is 19.3 Å². The van der Waals surface area contributed by atoms with E-state index in [9.17, 15) is 4.79 Å². The maximum Gasteiger partial charge on any atom is 0.223 e. The molecule has 15 heavy (non-hydrogen) atoms. The minimum Gasteiger partial charge on any atom is -0.356 e. The Morgan fingerprint density at radius 3 is 2.73 bits per heavy atom. The highest BCUT2D eigenvalue weighted by molar-refractivity contribution is 5.82. The summed E-state index contributed by atoms with van der Waals surface area (Å²) in [6.07, 6.45) is 4.89. The Balaban J connectivity index is 1.66. The summed E-state index contributed by atoms with van der Waals surface area (Å²) in [7, 11) is 0. The molecule has 2 rings (SSSR count). The van der Waals surface area contributed by atoms with Crippen molar-refractivity contribution in [2.45, 2.75) is 32.6 Å². The highest BCUT2D eigenvalue weighted by atomic mass is 16.2. The lowest BCUT2D eigenvalue weighted by atomic mass is 10.1. The van der Waals surface area contributed by atoms with Gasteiger partial charge in [0.05, 0.1) is 0 Å². The van der Waals surface area contributed by atoms with E-state index < -0.39 is 0 Å². The van der Waals surface area contributed by atoms with Crippen LogP contribution in [0.3, 0.4) is 0 Å². The fourth-order valence-corrected chi connectivity index (χ4v) is 2.99. The topological polar surface area (TPSA) is 55.1 Å². The molecule has 0 aliphatic heterocycles. The van der Waals surface area contributed by atoms with Crippen LogP contribution >= 0.6 is 0 Å². The molecule has 3 heteroatoms. The lowest BCUT2D eigenvalue weighted by Gasteiger charge is -2.11. The molecular formula is C12H22N2O. The first-order valence-corrected chi connectivity index (χ1v) is 6.21. The highest BCUT2D eigenvalue weighted by Gasteiger charge is 2.56. The maximum absolute atomic E-state index is 11.8. The predicted octanol–water partition coefficient (Wildman–Crippen LogP) is 1.13. The molecule has 3 N–H and O–H groups in total. The zero-order valence-corrected chi connectivity index (χ0v) is 9.54. The smallest absolute Gasteiger partial charge is 0.223 e. The average molecular weight is 210 g/mol. The van der Waals surface area contributed by atoms with Crippen molar-refractivity contribution in [3.8, 4) is 0 Å². The number of rotatable bonds is 5. The molecular weight excluding hydrogens is 188 g/mol. The molecule has 0 aromatic heterocycles. The Morgan fingerprint density at radius 2 is 2.13 bits per heavy atom. The van der Waals surface area contributed by atoms with E-state index in [0.717, 1.165) is 24.8 Å². The van der Waals surface area contributed by atoms with Crippen LogP contribution in [0.2, 0.25) is 0 Å². The van der Waals surface area contributed by atoms with Gasteiger partial charge in [0.25, 0.3) is 0 Å². The van der Waals surface area contributed by atoms with Crippen molar-refractivity contribution < 1.29 is 4.79 Å². The van der Waals surface area contributed by atoms with Crippen molar-refractivity contribution in [2.24, 2.45) is 29.4 Å². The summed E-state index contributed by atoms with van der Waals surface area (Å²) in [6.45, 7) is 3.65. The van der Waals surface area contributed by atoms with Gasteiger partial charge in [-0.15, -0.1) is 0 Å². The van der Waals surface area contributed by atoms with Gasteiger partial charge in [-0.3, -0.25) is 4.79 Å². The quantitative estimate of drug-likeness (QED) is 0.715. The van der Waals surface area contributed by atoms with E-state index >= 15 is 0 Å². The summed E-state index contributed by atoms with van der Waals surface area (Å²) in [6, 6.07) is 0. The third-order valence-corrected chi connectivity index (χ3v) is 3.99. The number of carbonyl (C=O) groups is 1. The van der Waals surface area contributed by atoms with Crippen molar-refractivity contribution in [1.82, 2.24) is 5.32 Å². The first-order chi connectivity index (χ1) is 7.24. The minimum absolute atomic E-state index is 0.300. The van der Waals surface area contributed by atoms with Crippen molar-refractivity contribution >= 4 is 5.91 Å². The van der Waals surface area contributed by atoms with Gasteiger partial charge in [0.15, 0.2) is 0 Å². The van der Waals surface area contributed by atoms with Crippen LogP contribution in [-0.2, 0) is 4.79 Å². The Bertz CT molecular complexity index is 232. The zero-order chi connectivity index (χ0) is 10.8. The number of nitrogens with one attached hydrogen (secondary N) is 1. The van der Waals surface area contributed by atoms with Crippen molar-refractivity contribution in [2.75, 3.05) is 13.1 Å². The monoisotopic (exact) mass is 210 g/mol. The molecule has 3 nitrogen and oxygen atoms in total. The van der Waals surface area contributed by atoms with Gasteiger partial charge in [-0.05, 0) is 43.6 Å². The summed E-state index contributed by atoms with van der Waals surface area (Å²) in [5.41, 5.74) is 5.47. The fraction of sp³-hybridized carbons (Fsp3) is 0.917. The predicted molar refractivity (Wildman–Crippen MR) is 60.2 cm³/mol. The normalized spacial score (nSPS) is 34.7. The van der Waals surface area contributed by atoms with Gasteiger partial charge in [0.1, 0.15) is 0 Å². The largest absolute Gasteiger partial charge is 0.356 e. The molecule has 0 bridgehead atoms. The molecule has 3 atom stereocenters. The van der Waals surface area contributed by atoms with Crippen LogP contribution in [0.25, 0.3) is 0 Å². The van der Waals surface area contributed by atoms with Crippen LogP contribution in [0.5, 0.6) is 0 Å². The van der Waals surface area contributed by atoms with Crippen LogP contribution < -0.4 is 11.1 Å². The lowest BCUT2D eigenvalue weighted by Crippen LogP contribution is -2.31. The third kappa shape index (κ3) is 2.33. The molecule has 0 heterocycles. The van der Waals surface area contributed by atoms with Crippen LogP contribution in [0.4, 0.5) is 0 Å². The van der Waals surface area contributed by atoms with Gasteiger partial charge >= 0.3 is 0 Å². The van der Waals surface area contributed by atoms with Gasteiger partial charge < -0.3 is 11.1 Å². The average Bonchev–Trinajstić information content (AvgIpc) is 2.69. The first-order valence-electron chi connectivity index (χ1n) is 6.21. The minimum atomic E-state index is 0.300. The second-order valence-corrected chi connectivity index (χ2v) is 5.21. The van der Waals surface area contributed by atoms with Crippen LogP contribution in [0, 0.1) is 23.7 Å².